The lowest BCUT2D eigenvalue weighted by Gasteiger charge is -2.16. The summed E-state index contributed by atoms with van der Waals surface area (Å²) in [7, 11) is 0. The van der Waals surface area contributed by atoms with Gasteiger partial charge in [-0.15, -0.1) is 11.3 Å². The fourth-order valence-corrected chi connectivity index (χ4v) is 2.66. The Bertz CT molecular complexity index is 523. The van der Waals surface area contributed by atoms with Crippen molar-refractivity contribution in [1.29, 1.82) is 0 Å². The Kier molecular flexibility index (Phi) is 5.44. The molecule has 1 aromatic carbocycles. The normalized spacial score (nSPS) is 12.2. The van der Waals surface area contributed by atoms with Gasteiger partial charge in [-0.2, -0.15) is 0 Å². The molecule has 0 aliphatic heterocycles. The maximum atomic E-state index is 6.00. The number of nitrogens with two attached hydrogens (primary N) is 1. The zero-order chi connectivity index (χ0) is 14.4. The van der Waals surface area contributed by atoms with Crippen LogP contribution >= 0.6 is 11.3 Å². The van der Waals surface area contributed by atoms with E-state index in [0.717, 1.165) is 23.5 Å². The maximum absolute atomic E-state index is 6.00. The van der Waals surface area contributed by atoms with E-state index in [1.807, 2.05) is 32.0 Å². The molecule has 0 saturated carbocycles. The quantitative estimate of drug-likeness (QED) is 0.847. The van der Waals surface area contributed by atoms with E-state index in [9.17, 15) is 0 Å². The van der Waals surface area contributed by atoms with Crippen LogP contribution in [-0.2, 0) is 13.0 Å². The molecular weight excluding hydrogens is 270 g/mol. The zero-order valence-corrected chi connectivity index (χ0v) is 12.8. The molecule has 1 heterocycles. The highest BCUT2D eigenvalue weighted by molar-refractivity contribution is 7.09. The first-order valence-corrected chi connectivity index (χ1v) is 7.74. The highest BCUT2D eigenvalue weighted by Gasteiger charge is 2.12. The van der Waals surface area contributed by atoms with E-state index in [0.29, 0.717) is 13.2 Å². The molecule has 0 bridgehead atoms. The third-order valence-electron chi connectivity index (χ3n) is 2.84. The van der Waals surface area contributed by atoms with Gasteiger partial charge in [0, 0.05) is 10.9 Å². The molecule has 0 fully saturated rings. The van der Waals surface area contributed by atoms with E-state index in [1.54, 1.807) is 11.3 Å². The van der Waals surface area contributed by atoms with Crippen LogP contribution in [0.25, 0.3) is 0 Å². The van der Waals surface area contributed by atoms with Gasteiger partial charge in [-0.05, 0) is 43.3 Å². The molecule has 4 heteroatoms. The molecule has 0 amide bonds. The van der Waals surface area contributed by atoms with Crippen molar-refractivity contribution >= 4 is 11.3 Å². The van der Waals surface area contributed by atoms with Crippen LogP contribution in [0.15, 0.2) is 35.7 Å². The number of ether oxygens (including phenoxy) is 2. The van der Waals surface area contributed by atoms with E-state index in [4.69, 9.17) is 15.2 Å². The van der Waals surface area contributed by atoms with Crippen molar-refractivity contribution in [2.24, 2.45) is 5.73 Å². The highest BCUT2D eigenvalue weighted by Crippen LogP contribution is 2.33. The van der Waals surface area contributed by atoms with Gasteiger partial charge in [0.2, 0.25) is 0 Å². The summed E-state index contributed by atoms with van der Waals surface area (Å²) in [5.74, 6) is 1.61. The highest BCUT2D eigenvalue weighted by atomic mass is 32.1. The minimum atomic E-state index is 0.0935. The molecule has 0 saturated heterocycles. The number of thiophene rings is 1. The Morgan fingerprint density at radius 3 is 2.70 bits per heavy atom. The van der Waals surface area contributed by atoms with Gasteiger partial charge in [0.15, 0.2) is 11.5 Å². The lowest BCUT2D eigenvalue weighted by molar-refractivity contribution is 0.268. The van der Waals surface area contributed by atoms with Crippen LogP contribution in [0.2, 0.25) is 0 Å². The van der Waals surface area contributed by atoms with E-state index in [2.05, 4.69) is 17.5 Å². The fraction of sp³-hybridized carbons (Fsp3) is 0.375. The molecule has 3 nitrogen and oxygen atoms in total. The monoisotopic (exact) mass is 291 g/mol. The molecule has 2 rings (SSSR count). The fourth-order valence-electron chi connectivity index (χ4n) is 2.04. The molecule has 1 aromatic heterocycles. The summed E-state index contributed by atoms with van der Waals surface area (Å²) in [6.07, 6.45) is 0.778. The van der Waals surface area contributed by atoms with Crippen LogP contribution in [0.1, 0.15) is 24.3 Å². The van der Waals surface area contributed by atoms with E-state index >= 15 is 0 Å². The van der Waals surface area contributed by atoms with Gasteiger partial charge >= 0.3 is 0 Å². The van der Waals surface area contributed by atoms with Crippen LogP contribution in [0.3, 0.4) is 0 Å². The van der Waals surface area contributed by atoms with Crippen molar-refractivity contribution in [3.63, 3.8) is 0 Å². The van der Waals surface area contributed by atoms with Crippen molar-refractivity contribution in [1.82, 2.24) is 0 Å². The molecule has 2 N–H and O–H groups in total. The second-order valence-corrected chi connectivity index (χ2v) is 5.76. The van der Waals surface area contributed by atoms with Crippen molar-refractivity contribution in [3.8, 4) is 11.5 Å². The number of hydrogen-bond donors (Lipinski definition) is 1. The summed E-state index contributed by atoms with van der Waals surface area (Å²) >= 11 is 1.69. The molecule has 1 unspecified atom stereocenters. The molecule has 2 aromatic rings. The molecule has 1 atom stereocenters. The topological polar surface area (TPSA) is 44.5 Å². The largest absolute Gasteiger partial charge is 0.490 e. The van der Waals surface area contributed by atoms with Crippen molar-refractivity contribution in [2.45, 2.75) is 32.9 Å². The van der Waals surface area contributed by atoms with Crippen LogP contribution in [0.5, 0.6) is 11.5 Å². The van der Waals surface area contributed by atoms with E-state index < -0.39 is 0 Å². The maximum Gasteiger partial charge on any atom is 0.164 e. The second kappa shape index (κ2) is 7.31. The molecular formula is C16H21NO2S. The number of benzene rings is 1. The lowest BCUT2D eigenvalue weighted by atomic mass is 10.1. The molecule has 20 heavy (non-hydrogen) atoms. The van der Waals surface area contributed by atoms with Crippen molar-refractivity contribution in [2.75, 3.05) is 6.61 Å². The first-order valence-electron chi connectivity index (χ1n) is 6.86. The smallest absolute Gasteiger partial charge is 0.164 e. The van der Waals surface area contributed by atoms with Crippen LogP contribution in [0.4, 0.5) is 0 Å². The first kappa shape index (κ1) is 14.9. The minimum absolute atomic E-state index is 0.0935. The summed E-state index contributed by atoms with van der Waals surface area (Å²) in [6.45, 7) is 5.16. The van der Waals surface area contributed by atoms with Gasteiger partial charge in [0.05, 0.1) is 6.61 Å². The lowest BCUT2D eigenvalue weighted by Crippen LogP contribution is -2.18. The SMILES string of the molecule is CCOc1cccc(CC(C)N)c1OCc1cccs1. The Hall–Kier alpha value is -1.52. The second-order valence-electron chi connectivity index (χ2n) is 4.73. The minimum Gasteiger partial charge on any atom is -0.490 e. The predicted octanol–water partition coefficient (Wildman–Crippen LogP) is 3.62. The Labute approximate surface area is 124 Å². The average molecular weight is 291 g/mol. The van der Waals surface area contributed by atoms with Crippen LogP contribution in [0, 0.1) is 0 Å². The van der Waals surface area contributed by atoms with Crippen molar-refractivity contribution < 1.29 is 9.47 Å². The third-order valence-corrected chi connectivity index (χ3v) is 3.69. The Balaban J connectivity index is 2.20. The summed E-state index contributed by atoms with van der Waals surface area (Å²) in [5, 5.41) is 2.05. The molecule has 0 radical (unpaired) electrons. The first-order chi connectivity index (χ1) is 9.70. The van der Waals surface area contributed by atoms with Gasteiger partial charge in [-0.1, -0.05) is 18.2 Å². The van der Waals surface area contributed by atoms with Crippen molar-refractivity contribution in [3.05, 3.63) is 46.2 Å². The molecule has 0 aliphatic carbocycles. The van der Waals surface area contributed by atoms with Gasteiger partial charge in [-0.25, -0.2) is 0 Å². The van der Waals surface area contributed by atoms with Gasteiger partial charge in [0.1, 0.15) is 6.61 Å². The molecule has 0 aliphatic rings. The number of para-hydroxylation sites is 1. The van der Waals surface area contributed by atoms with E-state index in [1.165, 1.54) is 4.88 Å². The zero-order valence-electron chi connectivity index (χ0n) is 12.0. The standard InChI is InChI=1S/C16H21NO2S/c1-3-18-15-8-4-6-13(10-12(2)17)16(15)19-11-14-7-5-9-20-14/h4-9,12H,3,10-11,17H2,1-2H3. The number of rotatable bonds is 7. The van der Waals surface area contributed by atoms with E-state index in [-0.39, 0.29) is 6.04 Å². The summed E-state index contributed by atoms with van der Waals surface area (Å²) in [5.41, 5.74) is 7.01. The molecule has 108 valence electrons. The van der Waals surface area contributed by atoms with Gasteiger partial charge in [-0.3, -0.25) is 0 Å². The third kappa shape index (κ3) is 3.99. The molecule has 0 spiro atoms. The van der Waals surface area contributed by atoms with Gasteiger partial charge < -0.3 is 15.2 Å². The van der Waals surface area contributed by atoms with Gasteiger partial charge in [0.25, 0.3) is 0 Å². The Morgan fingerprint density at radius 1 is 1.20 bits per heavy atom. The average Bonchev–Trinajstić information content (AvgIpc) is 2.91. The number of hydrogen-bond acceptors (Lipinski definition) is 4. The predicted molar refractivity (Wildman–Crippen MR) is 83.6 cm³/mol. The summed E-state index contributed by atoms with van der Waals surface area (Å²) < 4.78 is 11.7. The van der Waals surface area contributed by atoms with Crippen LogP contribution in [-0.4, -0.2) is 12.6 Å². The van der Waals surface area contributed by atoms with Crippen LogP contribution < -0.4 is 15.2 Å². The summed E-state index contributed by atoms with van der Waals surface area (Å²) in [6, 6.07) is 10.2. The summed E-state index contributed by atoms with van der Waals surface area (Å²) in [4.78, 5) is 1.20. The Morgan fingerprint density at radius 2 is 2.05 bits per heavy atom.